The minimum absolute atomic E-state index is 0.133. The van der Waals surface area contributed by atoms with Gasteiger partial charge >= 0.3 is 0 Å². The Bertz CT molecular complexity index is 1040. The molecule has 3 atom stereocenters. The maximum absolute atomic E-state index is 13.2. The van der Waals surface area contributed by atoms with Crippen molar-refractivity contribution in [3.63, 3.8) is 0 Å². The summed E-state index contributed by atoms with van der Waals surface area (Å²) in [6, 6.07) is 18.3. The van der Waals surface area contributed by atoms with Crippen LogP contribution in [0.1, 0.15) is 48.5 Å². The highest BCUT2D eigenvalue weighted by Gasteiger charge is 2.42. The number of fused-ring (bicyclic) bond motifs is 4. The van der Waals surface area contributed by atoms with Gasteiger partial charge in [-0.2, -0.15) is 0 Å². The Morgan fingerprint density at radius 1 is 1.00 bits per heavy atom. The lowest BCUT2D eigenvalue weighted by molar-refractivity contribution is 0.372. The third kappa shape index (κ3) is 2.07. The molecular weight excluding hydrogens is 308 g/mol. The van der Waals surface area contributed by atoms with Crippen molar-refractivity contribution in [3.8, 4) is 0 Å². The molecule has 0 bridgehead atoms. The van der Waals surface area contributed by atoms with Crippen LogP contribution < -0.4 is 5.43 Å². The van der Waals surface area contributed by atoms with Crippen molar-refractivity contribution in [2.45, 2.75) is 31.6 Å². The topological polar surface area (TPSA) is 30.2 Å². The quantitative estimate of drug-likeness (QED) is 0.591. The van der Waals surface area contributed by atoms with Crippen LogP contribution in [0.2, 0.25) is 0 Å². The Morgan fingerprint density at radius 3 is 2.60 bits per heavy atom. The summed E-state index contributed by atoms with van der Waals surface area (Å²) >= 11 is 0. The lowest BCUT2D eigenvalue weighted by atomic mass is 9.67. The van der Waals surface area contributed by atoms with E-state index in [4.69, 9.17) is 4.42 Å². The molecule has 0 unspecified atom stereocenters. The maximum atomic E-state index is 13.2. The molecule has 0 amide bonds. The minimum atomic E-state index is 0.133. The second kappa shape index (κ2) is 5.45. The Morgan fingerprint density at radius 2 is 1.76 bits per heavy atom. The number of rotatable bonds is 1. The first kappa shape index (κ1) is 14.7. The second-order valence-electron chi connectivity index (χ2n) is 7.24. The molecule has 2 heteroatoms. The molecule has 0 radical (unpaired) electrons. The molecule has 0 aliphatic heterocycles. The standard InChI is InChI=1S/C23H20O2/c1-14-20(15-8-3-2-4-9-15)16-11-7-12-17(16)21-22(24)18-10-5-6-13-19(18)25-23(14)21/h2-6,8-10,12-14,16,20H,7,11H2,1H3/t14-,16-,20+/m0/s1. The van der Waals surface area contributed by atoms with Crippen LogP contribution >= 0.6 is 0 Å². The van der Waals surface area contributed by atoms with Gasteiger partial charge in [0.15, 0.2) is 5.43 Å². The molecule has 1 aromatic heterocycles. The molecule has 124 valence electrons. The van der Waals surface area contributed by atoms with Crippen LogP contribution in [0.15, 0.2) is 69.9 Å². The number of para-hydroxylation sites is 1. The first-order chi connectivity index (χ1) is 12.3. The first-order valence-corrected chi connectivity index (χ1v) is 9.07. The van der Waals surface area contributed by atoms with E-state index in [2.05, 4.69) is 43.3 Å². The summed E-state index contributed by atoms with van der Waals surface area (Å²) in [5.41, 5.74) is 4.21. The summed E-state index contributed by atoms with van der Waals surface area (Å²) in [5, 5.41) is 0.693. The number of hydrogen-bond acceptors (Lipinski definition) is 2. The molecule has 3 aromatic rings. The van der Waals surface area contributed by atoms with Crippen LogP contribution in [0.4, 0.5) is 0 Å². The fraction of sp³-hybridized carbons (Fsp3) is 0.261. The highest BCUT2D eigenvalue weighted by Crippen LogP contribution is 2.54. The van der Waals surface area contributed by atoms with Crippen LogP contribution in [0.3, 0.4) is 0 Å². The summed E-state index contributed by atoms with van der Waals surface area (Å²) in [6.07, 6.45) is 4.42. The highest BCUT2D eigenvalue weighted by molar-refractivity contribution is 5.84. The molecular formula is C23H20O2. The first-order valence-electron chi connectivity index (χ1n) is 9.07. The van der Waals surface area contributed by atoms with E-state index in [1.807, 2.05) is 24.3 Å². The van der Waals surface area contributed by atoms with Crippen molar-refractivity contribution < 1.29 is 4.42 Å². The van der Waals surface area contributed by atoms with Gasteiger partial charge in [-0.15, -0.1) is 0 Å². The van der Waals surface area contributed by atoms with Crippen LogP contribution in [-0.4, -0.2) is 0 Å². The van der Waals surface area contributed by atoms with Crippen molar-refractivity contribution in [1.82, 2.24) is 0 Å². The van der Waals surface area contributed by atoms with E-state index in [-0.39, 0.29) is 11.3 Å². The van der Waals surface area contributed by atoms with Gasteiger partial charge in [0.25, 0.3) is 0 Å². The molecule has 0 saturated carbocycles. The Labute approximate surface area is 146 Å². The van der Waals surface area contributed by atoms with Gasteiger partial charge in [0.05, 0.1) is 10.9 Å². The Balaban J connectivity index is 1.80. The molecule has 0 spiro atoms. The van der Waals surface area contributed by atoms with Gasteiger partial charge in [-0.3, -0.25) is 4.79 Å². The lowest BCUT2D eigenvalue weighted by Gasteiger charge is -2.37. The van der Waals surface area contributed by atoms with E-state index in [1.54, 1.807) is 0 Å². The smallest absolute Gasteiger partial charge is 0.200 e. The van der Waals surface area contributed by atoms with E-state index in [0.717, 1.165) is 24.2 Å². The van der Waals surface area contributed by atoms with E-state index >= 15 is 0 Å². The van der Waals surface area contributed by atoms with Crippen molar-refractivity contribution in [2.24, 2.45) is 5.92 Å². The largest absolute Gasteiger partial charge is 0.460 e. The Hall–Kier alpha value is -2.61. The van der Waals surface area contributed by atoms with E-state index in [1.165, 1.54) is 11.1 Å². The van der Waals surface area contributed by atoms with Gasteiger partial charge in [-0.25, -0.2) is 0 Å². The zero-order chi connectivity index (χ0) is 17.0. The van der Waals surface area contributed by atoms with Crippen molar-refractivity contribution >= 4 is 16.5 Å². The van der Waals surface area contributed by atoms with Gasteiger partial charge in [0.2, 0.25) is 0 Å². The minimum Gasteiger partial charge on any atom is -0.460 e. The molecule has 2 aliphatic carbocycles. The summed E-state index contributed by atoms with van der Waals surface area (Å²) < 4.78 is 6.30. The third-order valence-corrected chi connectivity index (χ3v) is 5.93. The third-order valence-electron chi connectivity index (χ3n) is 5.93. The molecule has 1 heterocycles. The molecule has 2 aliphatic rings. The van der Waals surface area contributed by atoms with Gasteiger partial charge in [-0.1, -0.05) is 55.5 Å². The van der Waals surface area contributed by atoms with Gasteiger partial charge in [0, 0.05) is 11.8 Å². The highest BCUT2D eigenvalue weighted by atomic mass is 16.3. The lowest BCUT2D eigenvalue weighted by Crippen LogP contribution is -2.28. The van der Waals surface area contributed by atoms with Crippen molar-refractivity contribution in [1.29, 1.82) is 0 Å². The van der Waals surface area contributed by atoms with Gasteiger partial charge in [0.1, 0.15) is 11.3 Å². The zero-order valence-corrected chi connectivity index (χ0v) is 14.2. The molecule has 25 heavy (non-hydrogen) atoms. The number of benzene rings is 2. The molecule has 0 fully saturated rings. The van der Waals surface area contributed by atoms with Crippen molar-refractivity contribution in [3.05, 3.63) is 87.8 Å². The van der Waals surface area contributed by atoms with Crippen LogP contribution in [0.5, 0.6) is 0 Å². The van der Waals surface area contributed by atoms with Crippen LogP contribution in [0, 0.1) is 5.92 Å². The maximum Gasteiger partial charge on any atom is 0.200 e. The number of allylic oxidation sites excluding steroid dienone is 2. The molecule has 0 saturated heterocycles. The monoisotopic (exact) mass is 328 g/mol. The fourth-order valence-electron chi connectivity index (χ4n) is 4.85. The summed E-state index contributed by atoms with van der Waals surface area (Å²) in [7, 11) is 0. The van der Waals surface area contributed by atoms with Crippen LogP contribution in [-0.2, 0) is 0 Å². The van der Waals surface area contributed by atoms with E-state index < -0.39 is 0 Å². The average molecular weight is 328 g/mol. The molecule has 2 nitrogen and oxygen atoms in total. The summed E-state index contributed by atoms with van der Waals surface area (Å²) in [4.78, 5) is 13.2. The second-order valence-corrected chi connectivity index (χ2v) is 7.24. The Kier molecular flexibility index (Phi) is 3.21. The van der Waals surface area contributed by atoms with Crippen molar-refractivity contribution in [2.75, 3.05) is 0 Å². The van der Waals surface area contributed by atoms with E-state index in [9.17, 15) is 4.79 Å². The average Bonchev–Trinajstić information content (AvgIpc) is 3.12. The van der Waals surface area contributed by atoms with Gasteiger partial charge < -0.3 is 4.42 Å². The van der Waals surface area contributed by atoms with Crippen LogP contribution in [0.25, 0.3) is 16.5 Å². The number of hydrogen-bond donors (Lipinski definition) is 0. The predicted molar refractivity (Wildman–Crippen MR) is 101 cm³/mol. The summed E-state index contributed by atoms with van der Waals surface area (Å²) in [5.74, 6) is 1.83. The fourth-order valence-corrected chi connectivity index (χ4v) is 4.85. The van der Waals surface area contributed by atoms with Gasteiger partial charge in [-0.05, 0) is 42.0 Å². The summed E-state index contributed by atoms with van der Waals surface area (Å²) in [6.45, 7) is 2.21. The molecule has 2 aromatic carbocycles. The zero-order valence-electron chi connectivity index (χ0n) is 14.2. The van der Waals surface area contributed by atoms with E-state index in [0.29, 0.717) is 22.8 Å². The normalized spacial score (nSPS) is 24.7. The molecule has 5 rings (SSSR count). The molecule has 0 N–H and O–H groups in total. The SMILES string of the molecule is C[C@@H]1c2oc3ccccc3c(=O)c2C2=CCC[C@@H]2[C@H]1c1ccccc1. The predicted octanol–water partition coefficient (Wildman–Crippen LogP) is 5.49.